The van der Waals surface area contributed by atoms with E-state index in [0.29, 0.717) is 29.0 Å². The monoisotopic (exact) mass is 246 g/mol. The average Bonchev–Trinajstić information content (AvgIpc) is 3.01. The molecule has 1 saturated heterocycles. The Morgan fingerprint density at radius 1 is 1.44 bits per heavy atom. The van der Waals surface area contributed by atoms with Crippen molar-refractivity contribution in [2.24, 2.45) is 5.92 Å². The van der Waals surface area contributed by atoms with Crippen molar-refractivity contribution in [3.8, 4) is 5.75 Å². The minimum Gasteiger partial charge on any atom is -0.497 e. The SMILES string of the molecule is COc1ccc(N)c(C(=O)N2CC3CCC2C3)c1. The van der Waals surface area contributed by atoms with Crippen LogP contribution in [-0.2, 0) is 0 Å². The zero-order valence-corrected chi connectivity index (χ0v) is 10.6. The standard InChI is InChI=1S/C14H18N2O2/c1-18-11-4-5-13(15)12(7-11)14(17)16-8-9-2-3-10(16)6-9/h4-5,7,9-10H,2-3,6,8,15H2,1H3. The van der Waals surface area contributed by atoms with Gasteiger partial charge in [-0.25, -0.2) is 0 Å². The average molecular weight is 246 g/mol. The predicted molar refractivity (Wildman–Crippen MR) is 69.6 cm³/mol. The Balaban J connectivity index is 1.88. The van der Waals surface area contributed by atoms with Crippen LogP contribution in [0.3, 0.4) is 0 Å². The summed E-state index contributed by atoms with van der Waals surface area (Å²) in [7, 11) is 1.59. The zero-order chi connectivity index (χ0) is 12.7. The van der Waals surface area contributed by atoms with Gasteiger partial charge >= 0.3 is 0 Å². The van der Waals surface area contributed by atoms with Crippen molar-refractivity contribution in [1.82, 2.24) is 4.90 Å². The summed E-state index contributed by atoms with van der Waals surface area (Å²) in [6.07, 6.45) is 3.57. The molecule has 4 nitrogen and oxygen atoms in total. The first-order valence-electron chi connectivity index (χ1n) is 6.43. The van der Waals surface area contributed by atoms with Crippen LogP contribution in [0.4, 0.5) is 5.69 Å². The fraction of sp³-hybridized carbons (Fsp3) is 0.500. The number of amides is 1. The topological polar surface area (TPSA) is 55.6 Å². The summed E-state index contributed by atoms with van der Waals surface area (Å²) < 4.78 is 5.16. The Labute approximate surface area is 107 Å². The molecule has 1 aromatic rings. The van der Waals surface area contributed by atoms with Gasteiger partial charge in [-0.15, -0.1) is 0 Å². The number of hydrogen-bond acceptors (Lipinski definition) is 3. The maximum atomic E-state index is 12.5. The van der Waals surface area contributed by atoms with Gasteiger partial charge in [-0.2, -0.15) is 0 Å². The third-order valence-corrected chi connectivity index (χ3v) is 4.16. The molecule has 1 amide bonds. The van der Waals surface area contributed by atoms with Crippen LogP contribution in [0.1, 0.15) is 29.6 Å². The maximum absolute atomic E-state index is 12.5. The van der Waals surface area contributed by atoms with Gasteiger partial charge in [0.2, 0.25) is 0 Å². The summed E-state index contributed by atoms with van der Waals surface area (Å²) in [5, 5.41) is 0. The molecule has 1 aromatic carbocycles. The number of nitrogens with two attached hydrogens (primary N) is 1. The summed E-state index contributed by atoms with van der Waals surface area (Å²) >= 11 is 0. The molecule has 1 aliphatic heterocycles. The maximum Gasteiger partial charge on any atom is 0.256 e. The second kappa shape index (κ2) is 4.19. The van der Waals surface area contributed by atoms with Gasteiger partial charge in [0.1, 0.15) is 5.75 Å². The Morgan fingerprint density at radius 3 is 2.89 bits per heavy atom. The van der Waals surface area contributed by atoms with Crippen molar-refractivity contribution < 1.29 is 9.53 Å². The normalized spacial score (nSPS) is 25.5. The molecule has 1 heterocycles. The van der Waals surface area contributed by atoms with Crippen LogP contribution in [-0.4, -0.2) is 30.5 Å². The van der Waals surface area contributed by atoms with Crippen LogP contribution in [0.15, 0.2) is 18.2 Å². The molecular weight excluding hydrogens is 228 g/mol. The van der Waals surface area contributed by atoms with Gasteiger partial charge in [-0.05, 0) is 43.4 Å². The highest BCUT2D eigenvalue weighted by Gasteiger charge is 2.40. The van der Waals surface area contributed by atoms with Gasteiger partial charge in [0.25, 0.3) is 5.91 Å². The summed E-state index contributed by atoms with van der Waals surface area (Å²) in [6, 6.07) is 5.68. The summed E-state index contributed by atoms with van der Waals surface area (Å²) in [4.78, 5) is 14.5. The molecule has 2 N–H and O–H groups in total. The van der Waals surface area contributed by atoms with Crippen LogP contribution in [0, 0.1) is 5.92 Å². The van der Waals surface area contributed by atoms with E-state index in [-0.39, 0.29) is 5.91 Å². The first-order valence-corrected chi connectivity index (χ1v) is 6.43. The molecule has 4 heteroatoms. The van der Waals surface area contributed by atoms with Crippen molar-refractivity contribution in [1.29, 1.82) is 0 Å². The smallest absolute Gasteiger partial charge is 0.256 e. The van der Waals surface area contributed by atoms with Crippen LogP contribution in [0.2, 0.25) is 0 Å². The van der Waals surface area contributed by atoms with Gasteiger partial charge in [0.05, 0.1) is 12.7 Å². The second-order valence-corrected chi connectivity index (χ2v) is 5.24. The zero-order valence-electron chi connectivity index (χ0n) is 10.6. The largest absolute Gasteiger partial charge is 0.497 e. The van der Waals surface area contributed by atoms with E-state index in [0.717, 1.165) is 19.4 Å². The molecule has 2 fully saturated rings. The number of carbonyl (C=O) groups is 1. The van der Waals surface area contributed by atoms with Crippen molar-refractivity contribution in [2.45, 2.75) is 25.3 Å². The van der Waals surface area contributed by atoms with Crippen molar-refractivity contribution >= 4 is 11.6 Å². The lowest BCUT2D eigenvalue weighted by molar-refractivity contribution is 0.0704. The second-order valence-electron chi connectivity index (χ2n) is 5.24. The number of methoxy groups -OCH3 is 1. The van der Waals surface area contributed by atoms with Crippen LogP contribution in [0.25, 0.3) is 0 Å². The predicted octanol–water partition coefficient (Wildman–Crippen LogP) is 1.90. The van der Waals surface area contributed by atoms with E-state index in [9.17, 15) is 4.79 Å². The Morgan fingerprint density at radius 2 is 2.28 bits per heavy atom. The molecule has 18 heavy (non-hydrogen) atoms. The number of carbonyl (C=O) groups excluding carboxylic acids is 1. The van der Waals surface area contributed by atoms with Gasteiger partial charge in [0, 0.05) is 18.3 Å². The number of fused-ring (bicyclic) bond motifs is 2. The molecule has 0 radical (unpaired) electrons. The summed E-state index contributed by atoms with van der Waals surface area (Å²) in [5.74, 6) is 1.43. The van der Waals surface area contributed by atoms with Gasteiger partial charge in [0.15, 0.2) is 0 Å². The third-order valence-electron chi connectivity index (χ3n) is 4.16. The van der Waals surface area contributed by atoms with E-state index >= 15 is 0 Å². The number of hydrogen-bond donors (Lipinski definition) is 1. The molecule has 2 atom stereocenters. The molecule has 2 aliphatic rings. The number of likely N-dealkylation sites (tertiary alicyclic amines) is 1. The number of anilines is 1. The minimum absolute atomic E-state index is 0.0543. The highest BCUT2D eigenvalue weighted by Crippen LogP contribution is 2.38. The fourth-order valence-electron chi connectivity index (χ4n) is 3.18. The third kappa shape index (κ3) is 1.72. The summed E-state index contributed by atoms with van der Waals surface area (Å²) in [6.45, 7) is 0.889. The molecule has 3 rings (SSSR count). The van der Waals surface area contributed by atoms with E-state index < -0.39 is 0 Å². The van der Waals surface area contributed by atoms with E-state index in [1.54, 1.807) is 25.3 Å². The lowest BCUT2D eigenvalue weighted by atomic mass is 10.1. The van der Waals surface area contributed by atoms with E-state index in [4.69, 9.17) is 10.5 Å². The Bertz CT molecular complexity index is 487. The molecule has 96 valence electrons. The molecule has 1 saturated carbocycles. The molecule has 0 aromatic heterocycles. The van der Waals surface area contributed by atoms with E-state index in [1.807, 2.05) is 4.90 Å². The lowest BCUT2D eigenvalue weighted by Crippen LogP contribution is -2.37. The molecule has 2 unspecified atom stereocenters. The van der Waals surface area contributed by atoms with E-state index in [1.165, 1.54) is 6.42 Å². The number of benzene rings is 1. The minimum atomic E-state index is 0.0543. The van der Waals surface area contributed by atoms with Crippen LogP contribution >= 0.6 is 0 Å². The number of ether oxygens (including phenoxy) is 1. The first kappa shape index (κ1) is 11.4. The fourth-order valence-corrected chi connectivity index (χ4v) is 3.18. The summed E-state index contributed by atoms with van der Waals surface area (Å²) in [5.41, 5.74) is 7.01. The lowest BCUT2D eigenvalue weighted by Gasteiger charge is -2.27. The van der Waals surface area contributed by atoms with Gasteiger partial charge < -0.3 is 15.4 Å². The number of piperidine rings is 1. The first-order chi connectivity index (χ1) is 8.69. The highest BCUT2D eigenvalue weighted by molar-refractivity contribution is 6.00. The van der Waals surface area contributed by atoms with Crippen LogP contribution < -0.4 is 10.5 Å². The van der Waals surface area contributed by atoms with Crippen molar-refractivity contribution in [3.63, 3.8) is 0 Å². The number of rotatable bonds is 2. The van der Waals surface area contributed by atoms with Gasteiger partial charge in [-0.3, -0.25) is 4.79 Å². The molecular formula is C14H18N2O2. The quantitative estimate of drug-likeness (QED) is 0.811. The number of nitrogens with zero attached hydrogens (tertiary/aromatic N) is 1. The molecule has 2 bridgehead atoms. The van der Waals surface area contributed by atoms with E-state index in [2.05, 4.69) is 0 Å². The van der Waals surface area contributed by atoms with Crippen LogP contribution in [0.5, 0.6) is 5.75 Å². The van der Waals surface area contributed by atoms with Crippen molar-refractivity contribution in [3.05, 3.63) is 23.8 Å². The Hall–Kier alpha value is -1.71. The highest BCUT2D eigenvalue weighted by atomic mass is 16.5. The van der Waals surface area contributed by atoms with Crippen molar-refractivity contribution in [2.75, 3.05) is 19.4 Å². The molecule has 0 spiro atoms. The molecule has 1 aliphatic carbocycles. The Kier molecular flexibility index (Phi) is 2.65. The van der Waals surface area contributed by atoms with Gasteiger partial charge in [-0.1, -0.05) is 0 Å². The number of nitrogen functional groups attached to an aromatic ring is 1.